The smallest absolute Gasteiger partial charge is 0.407 e. The van der Waals surface area contributed by atoms with Crippen LogP contribution in [0.4, 0.5) is 18.0 Å². The fourth-order valence-electron chi connectivity index (χ4n) is 6.16. The Balaban J connectivity index is 1.25. The van der Waals surface area contributed by atoms with Gasteiger partial charge in [0.05, 0.1) is 0 Å². The second-order valence-corrected chi connectivity index (χ2v) is 9.48. The van der Waals surface area contributed by atoms with Crippen LogP contribution in [-0.4, -0.2) is 82.8 Å². The highest BCUT2D eigenvalue weighted by molar-refractivity contribution is 5.77. The molecule has 1 saturated carbocycles. The number of carbonyl (C=O) groups excluding carboxylic acids is 1. The van der Waals surface area contributed by atoms with Crippen LogP contribution in [-0.2, 0) is 4.79 Å². The molecule has 29 heavy (non-hydrogen) atoms. The van der Waals surface area contributed by atoms with Crippen molar-refractivity contribution in [2.24, 2.45) is 11.3 Å². The van der Waals surface area contributed by atoms with E-state index < -0.39 is 24.6 Å². The summed E-state index contributed by atoms with van der Waals surface area (Å²) in [5.74, 6) is -0.485. The van der Waals surface area contributed by atoms with Crippen LogP contribution in [0.25, 0.3) is 0 Å². The third-order valence-electron chi connectivity index (χ3n) is 7.65. The summed E-state index contributed by atoms with van der Waals surface area (Å²) in [5.41, 5.74) is 0.159. The van der Waals surface area contributed by atoms with E-state index in [-0.39, 0.29) is 17.4 Å². The molecular weight excluding hydrogens is 387 g/mol. The molecular formula is C20H30F3N3O3. The molecule has 1 N–H and O–H groups in total. The van der Waals surface area contributed by atoms with E-state index in [4.69, 9.17) is 5.11 Å². The number of amides is 2. The predicted molar refractivity (Wildman–Crippen MR) is 99.4 cm³/mol. The zero-order chi connectivity index (χ0) is 20.8. The van der Waals surface area contributed by atoms with Gasteiger partial charge in [-0.25, -0.2) is 4.79 Å². The first-order chi connectivity index (χ1) is 13.7. The summed E-state index contributed by atoms with van der Waals surface area (Å²) in [6.07, 6.45) is -0.133. The fraction of sp³-hybridized carbons (Fsp3) is 0.900. The molecule has 3 aliphatic heterocycles. The van der Waals surface area contributed by atoms with Gasteiger partial charge in [-0.05, 0) is 69.4 Å². The molecule has 4 rings (SSSR count). The standard InChI is InChI=1S/C20H30F3N3O3/c21-20(22,23)12-17(27)26-6-1-2-16(26)14-3-7-24(8-4-14)15-10-19(11-15)5-9-25(13-19)18(28)29/h14-16H,1-13H2,(H,28,29)/t15?,16-,19?/m0/s1. The van der Waals surface area contributed by atoms with Gasteiger partial charge in [-0.3, -0.25) is 4.79 Å². The molecule has 0 aromatic carbocycles. The molecule has 0 radical (unpaired) electrons. The Morgan fingerprint density at radius 3 is 2.31 bits per heavy atom. The monoisotopic (exact) mass is 417 g/mol. The largest absolute Gasteiger partial charge is 0.465 e. The molecule has 1 spiro atoms. The van der Waals surface area contributed by atoms with Gasteiger partial charge in [-0.15, -0.1) is 0 Å². The number of likely N-dealkylation sites (tertiary alicyclic amines) is 3. The second-order valence-electron chi connectivity index (χ2n) is 9.48. The summed E-state index contributed by atoms with van der Waals surface area (Å²) in [7, 11) is 0. The average Bonchev–Trinajstić information content (AvgIpc) is 3.27. The normalized spacial score (nSPS) is 34.0. The number of piperidine rings is 1. The molecule has 0 aromatic heterocycles. The summed E-state index contributed by atoms with van der Waals surface area (Å²) >= 11 is 0. The molecule has 2 amide bonds. The number of carboxylic acid groups (broad SMARTS) is 1. The summed E-state index contributed by atoms with van der Waals surface area (Å²) in [4.78, 5) is 28.7. The Labute approximate surface area is 169 Å². The lowest BCUT2D eigenvalue weighted by Gasteiger charge is -2.52. The van der Waals surface area contributed by atoms with Crippen LogP contribution in [0.2, 0.25) is 0 Å². The van der Waals surface area contributed by atoms with Crippen LogP contribution in [0.1, 0.15) is 51.4 Å². The van der Waals surface area contributed by atoms with Crippen molar-refractivity contribution in [3.05, 3.63) is 0 Å². The molecule has 164 valence electrons. The predicted octanol–water partition coefficient (Wildman–Crippen LogP) is 3.17. The van der Waals surface area contributed by atoms with Gasteiger partial charge < -0.3 is 19.8 Å². The first-order valence-corrected chi connectivity index (χ1v) is 10.7. The molecule has 9 heteroatoms. The minimum atomic E-state index is -4.44. The lowest BCUT2D eigenvalue weighted by molar-refractivity contribution is -0.162. The van der Waals surface area contributed by atoms with Crippen LogP contribution < -0.4 is 0 Å². The molecule has 6 nitrogen and oxygen atoms in total. The number of alkyl halides is 3. The van der Waals surface area contributed by atoms with E-state index in [2.05, 4.69) is 4.90 Å². The van der Waals surface area contributed by atoms with E-state index in [1.807, 2.05) is 0 Å². The molecule has 1 atom stereocenters. The number of hydrogen-bond acceptors (Lipinski definition) is 3. The summed E-state index contributed by atoms with van der Waals surface area (Å²) in [6.45, 7) is 3.57. The van der Waals surface area contributed by atoms with E-state index in [0.29, 0.717) is 25.7 Å². The van der Waals surface area contributed by atoms with E-state index in [0.717, 1.165) is 58.0 Å². The maximum Gasteiger partial charge on any atom is 0.407 e. The van der Waals surface area contributed by atoms with E-state index in [1.165, 1.54) is 9.80 Å². The van der Waals surface area contributed by atoms with Crippen molar-refractivity contribution in [3.63, 3.8) is 0 Å². The van der Waals surface area contributed by atoms with E-state index in [1.54, 1.807) is 0 Å². The maximum atomic E-state index is 12.6. The maximum absolute atomic E-state index is 12.6. The third-order valence-corrected chi connectivity index (χ3v) is 7.65. The van der Waals surface area contributed by atoms with Gasteiger partial charge >= 0.3 is 12.3 Å². The lowest BCUT2D eigenvalue weighted by Crippen LogP contribution is -2.55. The first kappa shape index (κ1) is 20.8. The lowest BCUT2D eigenvalue weighted by atomic mass is 9.64. The van der Waals surface area contributed by atoms with E-state index >= 15 is 0 Å². The quantitative estimate of drug-likeness (QED) is 0.766. The minimum absolute atomic E-state index is 0.0429. The highest BCUT2D eigenvalue weighted by Gasteiger charge is 2.51. The molecule has 0 unspecified atom stereocenters. The third kappa shape index (κ3) is 4.34. The number of hydrogen-bond donors (Lipinski definition) is 1. The van der Waals surface area contributed by atoms with Crippen molar-refractivity contribution in [1.82, 2.24) is 14.7 Å². The molecule has 4 aliphatic rings. The van der Waals surface area contributed by atoms with Crippen LogP contribution in [0.3, 0.4) is 0 Å². The number of halogens is 3. The van der Waals surface area contributed by atoms with Crippen LogP contribution in [0.5, 0.6) is 0 Å². The van der Waals surface area contributed by atoms with Gasteiger partial charge in [0.1, 0.15) is 6.42 Å². The Bertz CT molecular complexity index is 643. The summed E-state index contributed by atoms with van der Waals surface area (Å²) < 4.78 is 37.9. The van der Waals surface area contributed by atoms with Gasteiger partial charge in [-0.2, -0.15) is 13.2 Å². The molecule has 0 aromatic rings. The molecule has 4 fully saturated rings. The van der Waals surface area contributed by atoms with Crippen molar-refractivity contribution >= 4 is 12.0 Å². The SMILES string of the molecule is O=C(O)N1CCC2(CC(N3CCC([C@@H]4CCCN4C(=O)CC(F)(F)F)CC3)C2)C1. The number of nitrogens with zero attached hydrogens (tertiary/aromatic N) is 3. The van der Waals surface area contributed by atoms with Crippen molar-refractivity contribution in [1.29, 1.82) is 0 Å². The van der Waals surface area contributed by atoms with Gasteiger partial charge in [0.2, 0.25) is 5.91 Å². The van der Waals surface area contributed by atoms with Crippen molar-refractivity contribution in [2.75, 3.05) is 32.7 Å². The van der Waals surface area contributed by atoms with Crippen LogP contribution >= 0.6 is 0 Å². The topological polar surface area (TPSA) is 64.1 Å². The molecule has 3 heterocycles. The van der Waals surface area contributed by atoms with Crippen molar-refractivity contribution < 1.29 is 27.9 Å². The van der Waals surface area contributed by atoms with Gasteiger partial charge in [0, 0.05) is 31.7 Å². The Morgan fingerprint density at radius 2 is 1.72 bits per heavy atom. The van der Waals surface area contributed by atoms with Crippen LogP contribution in [0.15, 0.2) is 0 Å². The number of rotatable bonds is 3. The Kier molecular flexibility index (Phi) is 5.46. The Morgan fingerprint density at radius 1 is 1.03 bits per heavy atom. The summed E-state index contributed by atoms with van der Waals surface area (Å²) in [6, 6.07) is 0.454. The fourth-order valence-corrected chi connectivity index (χ4v) is 6.16. The minimum Gasteiger partial charge on any atom is -0.465 e. The first-order valence-electron chi connectivity index (χ1n) is 10.7. The van der Waals surface area contributed by atoms with Gasteiger partial charge in [0.15, 0.2) is 0 Å². The highest BCUT2D eigenvalue weighted by atomic mass is 19.4. The molecule has 1 aliphatic carbocycles. The second kappa shape index (κ2) is 7.63. The number of carbonyl (C=O) groups is 2. The summed E-state index contributed by atoms with van der Waals surface area (Å²) in [5, 5.41) is 9.16. The zero-order valence-electron chi connectivity index (χ0n) is 16.7. The van der Waals surface area contributed by atoms with Gasteiger partial charge in [-0.1, -0.05) is 0 Å². The van der Waals surface area contributed by atoms with E-state index in [9.17, 15) is 22.8 Å². The van der Waals surface area contributed by atoms with Crippen molar-refractivity contribution in [2.45, 2.75) is 69.6 Å². The van der Waals surface area contributed by atoms with Crippen molar-refractivity contribution in [3.8, 4) is 0 Å². The highest BCUT2D eigenvalue weighted by Crippen LogP contribution is 2.50. The molecule has 3 saturated heterocycles. The zero-order valence-corrected chi connectivity index (χ0v) is 16.7. The Hall–Kier alpha value is -1.51. The van der Waals surface area contributed by atoms with Gasteiger partial charge in [0.25, 0.3) is 0 Å². The van der Waals surface area contributed by atoms with Crippen LogP contribution in [0, 0.1) is 11.3 Å². The average molecular weight is 417 g/mol. The molecule has 0 bridgehead atoms.